The summed E-state index contributed by atoms with van der Waals surface area (Å²) in [5, 5.41) is 3.29. The molecule has 1 atom stereocenters. The second-order valence-electron chi connectivity index (χ2n) is 7.30. The Balaban J connectivity index is 1.21. The van der Waals surface area contributed by atoms with Crippen molar-refractivity contribution in [2.45, 2.75) is 37.1 Å². The SMILES string of the molecule is O=S1N=C(NCCCOc2cccc(CN3CCCCC3)c2)c2ccccc21. The van der Waals surface area contributed by atoms with E-state index in [0.717, 1.165) is 41.6 Å². The summed E-state index contributed by atoms with van der Waals surface area (Å²) in [6, 6.07) is 16.1. The fraction of sp³-hybridized carbons (Fsp3) is 0.409. The maximum atomic E-state index is 12.0. The number of ether oxygens (including phenoxy) is 1. The third kappa shape index (κ3) is 4.80. The van der Waals surface area contributed by atoms with Gasteiger partial charge in [0, 0.05) is 18.7 Å². The van der Waals surface area contributed by atoms with Crippen molar-refractivity contribution in [1.82, 2.24) is 10.2 Å². The number of fused-ring (bicyclic) bond motifs is 1. The number of hydrogen-bond donors (Lipinski definition) is 1. The van der Waals surface area contributed by atoms with Gasteiger partial charge in [0.15, 0.2) is 11.0 Å². The van der Waals surface area contributed by atoms with Gasteiger partial charge in [-0.3, -0.25) is 4.90 Å². The van der Waals surface area contributed by atoms with Crippen LogP contribution in [0.1, 0.15) is 36.8 Å². The van der Waals surface area contributed by atoms with Crippen LogP contribution in [0.2, 0.25) is 0 Å². The minimum atomic E-state index is -1.28. The number of likely N-dealkylation sites (tertiary alicyclic amines) is 1. The van der Waals surface area contributed by atoms with Crippen LogP contribution in [0.3, 0.4) is 0 Å². The number of rotatable bonds is 7. The van der Waals surface area contributed by atoms with Crippen LogP contribution in [0.15, 0.2) is 57.8 Å². The Bertz CT molecular complexity index is 862. The Morgan fingerprint density at radius 1 is 1.07 bits per heavy atom. The van der Waals surface area contributed by atoms with Crippen molar-refractivity contribution in [3.8, 4) is 5.75 Å². The zero-order chi connectivity index (χ0) is 19.2. The second kappa shape index (κ2) is 9.34. The van der Waals surface area contributed by atoms with E-state index in [1.165, 1.54) is 37.9 Å². The van der Waals surface area contributed by atoms with Crippen LogP contribution in [0.5, 0.6) is 5.75 Å². The molecule has 1 fully saturated rings. The van der Waals surface area contributed by atoms with Gasteiger partial charge in [0.2, 0.25) is 0 Å². The Morgan fingerprint density at radius 2 is 1.93 bits per heavy atom. The largest absolute Gasteiger partial charge is 0.494 e. The molecular formula is C22H27N3O2S. The lowest BCUT2D eigenvalue weighted by atomic mass is 10.1. The van der Waals surface area contributed by atoms with E-state index < -0.39 is 11.0 Å². The number of nitrogens with zero attached hydrogens (tertiary/aromatic N) is 2. The van der Waals surface area contributed by atoms with Crippen molar-refractivity contribution in [3.63, 3.8) is 0 Å². The molecule has 4 rings (SSSR count). The van der Waals surface area contributed by atoms with Gasteiger partial charge in [-0.2, -0.15) is 4.40 Å². The van der Waals surface area contributed by atoms with Gasteiger partial charge in [-0.25, -0.2) is 4.21 Å². The predicted octanol–water partition coefficient (Wildman–Crippen LogP) is 3.51. The smallest absolute Gasteiger partial charge is 0.175 e. The van der Waals surface area contributed by atoms with E-state index in [9.17, 15) is 4.21 Å². The Morgan fingerprint density at radius 3 is 2.82 bits per heavy atom. The summed E-state index contributed by atoms with van der Waals surface area (Å²) in [6.45, 7) is 4.79. The first-order chi connectivity index (χ1) is 13.8. The molecule has 2 aliphatic rings. The van der Waals surface area contributed by atoms with Gasteiger partial charge < -0.3 is 10.1 Å². The van der Waals surface area contributed by atoms with Crippen LogP contribution in [-0.2, 0) is 17.5 Å². The number of hydrogen-bond acceptors (Lipinski definition) is 4. The van der Waals surface area contributed by atoms with E-state index in [4.69, 9.17) is 4.74 Å². The molecule has 2 aromatic carbocycles. The first-order valence-corrected chi connectivity index (χ1v) is 11.2. The first kappa shape index (κ1) is 19.2. The van der Waals surface area contributed by atoms with Gasteiger partial charge in [-0.1, -0.05) is 30.7 Å². The van der Waals surface area contributed by atoms with Crippen LogP contribution in [-0.4, -0.2) is 41.2 Å². The minimum absolute atomic E-state index is 0.637. The highest BCUT2D eigenvalue weighted by molar-refractivity contribution is 7.84. The van der Waals surface area contributed by atoms with Gasteiger partial charge >= 0.3 is 0 Å². The molecular weight excluding hydrogens is 370 g/mol. The molecule has 1 saturated heterocycles. The Kier molecular flexibility index (Phi) is 6.39. The molecule has 148 valence electrons. The average molecular weight is 398 g/mol. The third-order valence-electron chi connectivity index (χ3n) is 5.14. The molecule has 0 spiro atoms. The van der Waals surface area contributed by atoms with E-state index in [1.54, 1.807) is 0 Å². The maximum absolute atomic E-state index is 12.0. The fourth-order valence-electron chi connectivity index (χ4n) is 3.70. The summed E-state index contributed by atoms with van der Waals surface area (Å²) >= 11 is 0. The third-order valence-corrected chi connectivity index (χ3v) is 6.22. The normalized spacial score (nSPS) is 19.1. The number of piperidine rings is 1. The van der Waals surface area contributed by atoms with Crippen molar-refractivity contribution in [3.05, 3.63) is 59.7 Å². The van der Waals surface area contributed by atoms with Gasteiger partial charge in [0.05, 0.1) is 11.5 Å². The lowest BCUT2D eigenvalue weighted by molar-refractivity contribution is 0.220. The lowest BCUT2D eigenvalue weighted by Gasteiger charge is -2.26. The quantitative estimate of drug-likeness (QED) is 0.727. The van der Waals surface area contributed by atoms with E-state index in [0.29, 0.717) is 6.61 Å². The highest BCUT2D eigenvalue weighted by Crippen LogP contribution is 2.21. The summed E-state index contributed by atoms with van der Waals surface area (Å²) in [4.78, 5) is 3.31. The van der Waals surface area contributed by atoms with Crippen molar-refractivity contribution < 1.29 is 8.95 Å². The van der Waals surface area contributed by atoms with Crippen LogP contribution in [0, 0.1) is 0 Å². The number of amidine groups is 1. The summed E-state index contributed by atoms with van der Waals surface area (Å²) in [5.41, 5.74) is 2.25. The monoisotopic (exact) mass is 397 g/mol. The van der Waals surface area contributed by atoms with Crippen LogP contribution in [0.4, 0.5) is 0 Å². The number of benzene rings is 2. The van der Waals surface area contributed by atoms with E-state index in [2.05, 4.69) is 32.8 Å². The van der Waals surface area contributed by atoms with Gasteiger partial charge in [-0.15, -0.1) is 0 Å². The van der Waals surface area contributed by atoms with Crippen molar-refractivity contribution in [1.29, 1.82) is 0 Å². The Labute approximate surface area is 169 Å². The standard InChI is InChI=1S/C22H27N3O2S/c26-28-21-11-3-2-10-20(21)22(24-28)23-12-7-15-27-19-9-6-8-18(16-19)17-25-13-4-1-5-14-25/h2-3,6,8-11,16H,1,4-5,7,12-15,17H2,(H,23,24). The zero-order valence-electron chi connectivity index (χ0n) is 16.1. The maximum Gasteiger partial charge on any atom is 0.175 e. The van der Waals surface area contributed by atoms with Gasteiger partial charge in [0.25, 0.3) is 0 Å². The van der Waals surface area contributed by atoms with E-state index in [1.807, 2.05) is 30.3 Å². The lowest BCUT2D eigenvalue weighted by Crippen LogP contribution is -2.29. The van der Waals surface area contributed by atoms with Crippen LogP contribution >= 0.6 is 0 Å². The molecule has 0 aromatic heterocycles. The molecule has 6 heteroatoms. The van der Waals surface area contributed by atoms with Crippen molar-refractivity contribution >= 4 is 16.8 Å². The molecule has 0 bridgehead atoms. The summed E-state index contributed by atoms with van der Waals surface area (Å²) < 4.78 is 22.1. The molecule has 0 amide bonds. The van der Waals surface area contributed by atoms with Crippen LogP contribution in [0.25, 0.3) is 0 Å². The molecule has 2 heterocycles. The van der Waals surface area contributed by atoms with Gasteiger partial charge in [-0.05, 0) is 62.2 Å². The molecule has 28 heavy (non-hydrogen) atoms. The highest BCUT2D eigenvalue weighted by Gasteiger charge is 2.20. The molecule has 0 saturated carbocycles. The fourth-order valence-corrected chi connectivity index (χ4v) is 4.68. The highest BCUT2D eigenvalue weighted by atomic mass is 32.2. The minimum Gasteiger partial charge on any atom is -0.494 e. The van der Waals surface area contributed by atoms with Gasteiger partial charge in [0.1, 0.15) is 11.6 Å². The molecule has 1 unspecified atom stereocenters. The van der Waals surface area contributed by atoms with E-state index >= 15 is 0 Å². The summed E-state index contributed by atoms with van der Waals surface area (Å²) in [7, 11) is -1.28. The summed E-state index contributed by atoms with van der Waals surface area (Å²) in [5.74, 6) is 1.65. The average Bonchev–Trinajstić information content (AvgIpc) is 3.05. The molecule has 2 aliphatic heterocycles. The Hall–Kier alpha value is -2.18. The first-order valence-electron chi connectivity index (χ1n) is 10.1. The van der Waals surface area contributed by atoms with Crippen LogP contribution < -0.4 is 10.1 Å². The molecule has 0 aliphatic carbocycles. The topological polar surface area (TPSA) is 53.9 Å². The molecule has 0 radical (unpaired) electrons. The summed E-state index contributed by atoms with van der Waals surface area (Å²) in [6.07, 6.45) is 4.84. The molecule has 5 nitrogen and oxygen atoms in total. The van der Waals surface area contributed by atoms with Crippen molar-refractivity contribution in [2.75, 3.05) is 26.2 Å². The van der Waals surface area contributed by atoms with E-state index in [-0.39, 0.29) is 0 Å². The second-order valence-corrected chi connectivity index (χ2v) is 8.42. The predicted molar refractivity (Wildman–Crippen MR) is 113 cm³/mol. The van der Waals surface area contributed by atoms with Crippen molar-refractivity contribution in [2.24, 2.45) is 4.40 Å². The molecule has 2 aromatic rings. The number of nitrogens with one attached hydrogen (secondary N) is 1. The zero-order valence-corrected chi connectivity index (χ0v) is 16.9. The molecule has 1 N–H and O–H groups in total.